The first-order chi connectivity index (χ1) is 8.58. The van der Waals surface area contributed by atoms with Crippen LogP contribution in [0.4, 0.5) is 5.69 Å². The lowest BCUT2D eigenvalue weighted by Gasteiger charge is -2.13. The van der Waals surface area contributed by atoms with E-state index in [0.29, 0.717) is 4.99 Å². The summed E-state index contributed by atoms with van der Waals surface area (Å²) in [5.41, 5.74) is 10.6. The summed E-state index contributed by atoms with van der Waals surface area (Å²) < 4.78 is 0. The van der Waals surface area contributed by atoms with Gasteiger partial charge in [-0.15, -0.1) is 0 Å². The van der Waals surface area contributed by atoms with Gasteiger partial charge >= 0.3 is 0 Å². The van der Waals surface area contributed by atoms with E-state index in [9.17, 15) is 0 Å². The van der Waals surface area contributed by atoms with Crippen LogP contribution in [0.3, 0.4) is 0 Å². The van der Waals surface area contributed by atoms with Crippen molar-refractivity contribution < 1.29 is 0 Å². The van der Waals surface area contributed by atoms with Gasteiger partial charge in [0.2, 0.25) is 0 Å². The summed E-state index contributed by atoms with van der Waals surface area (Å²) in [5.74, 6) is 0. The molecule has 2 aromatic rings. The Kier molecular flexibility index (Phi) is 3.93. The zero-order chi connectivity index (χ0) is 13.1. The number of thiophene rings is 1. The third kappa shape index (κ3) is 2.86. The Hall–Kier alpha value is -1.46. The molecule has 0 amide bonds. The summed E-state index contributed by atoms with van der Waals surface area (Å²) in [6.45, 7) is 4.66. The lowest BCUT2D eigenvalue weighted by atomic mass is 10.1. The summed E-state index contributed by atoms with van der Waals surface area (Å²) in [6.07, 6.45) is 0. The monoisotopic (exact) mass is 277 g/mol. The number of aromatic nitrogens is 1. The fourth-order valence-electron chi connectivity index (χ4n) is 1.87. The summed E-state index contributed by atoms with van der Waals surface area (Å²) in [7, 11) is 0. The van der Waals surface area contributed by atoms with Crippen LogP contribution in [-0.2, 0) is 6.54 Å². The van der Waals surface area contributed by atoms with Crippen molar-refractivity contribution in [2.75, 3.05) is 5.32 Å². The SMILES string of the molecule is Cc1cc(NCc2ccsc2)c(C(N)=S)c(C)n1. The minimum atomic E-state index is 0.382. The number of nitrogens with zero attached hydrogens (tertiary/aromatic N) is 1. The van der Waals surface area contributed by atoms with E-state index >= 15 is 0 Å². The highest BCUT2D eigenvalue weighted by Gasteiger charge is 2.10. The molecule has 0 bridgehead atoms. The van der Waals surface area contributed by atoms with Crippen LogP contribution in [0, 0.1) is 13.8 Å². The van der Waals surface area contributed by atoms with Gasteiger partial charge < -0.3 is 11.1 Å². The maximum Gasteiger partial charge on any atom is 0.107 e. The topological polar surface area (TPSA) is 50.9 Å². The second-order valence-corrected chi connectivity index (χ2v) is 5.34. The van der Waals surface area contributed by atoms with Gasteiger partial charge in [-0.1, -0.05) is 12.2 Å². The number of pyridine rings is 1. The average Bonchev–Trinajstić information content (AvgIpc) is 2.77. The molecule has 2 rings (SSSR count). The first kappa shape index (κ1) is 13.0. The molecule has 0 saturated carbocycles. The van der Waals surface area contributed by atoms with Crippen molar-refractivity contribution >= 4 is 34.2 Å². The van der Waals surface area contributed by atoms with Crippen LogP contribution < -0.4 is 11.1 Å². The predicted molar refractivity (Wildman–Crippen MR) is 81.2 cm³/mol. The Morgan fingerprint density at radius 3 is 2.89 bits per heavy atom. The molecular formula is C13H15N3S2. The fourth-order valence-corrected chi connectivity index (χ4v) is 2.80. The fraction of sp³-hybridized carbons (Fsp3) is 0.231. The van der Waals surface area contributed by atoms with Gasteiger partial charge in [-0.2, -0.15) is 11.3 Å². The summed E-state index contributed by atoms with van der Waals surface area (Å²) in [4.78, 5) is 4.78. The molecular weight excluding hydrogens is 262 g/mol. The van der Waals surface area contributed by atoms with Crippen LogP contribution >= 0.6 is 23.6 Å². The Labute approximate surface area is 116 Å². The van der Waals surface area contributed by atoms with Gasteiger partial charge in [0.15, 0.2) is 0 Å². The number of aryl methyl sites for hydroxylation is 2. The molecule has 3 nitrogen and oxygen atoms in total. The zero-order valence-corrected chi connectivity index (χ0v) is 12.0. The number of anilines is 1. The van der Waals surface area contributed by atoms with E-state index in [0.717, 1.165) is 29.2 Å². The van der Waals surface area contributed by atoms with Crippen molar-refractivity contribution in [1.29, 1.82) is 0 Å². The van der Waals surface area contributed by atoms with E-state index < -0.39 is 0 Å². The van der Waals surface area contributed by atoms with Crippen molar-refractivity contribution in [2.45, 2.75) is 20.4 Å². The van der Waals surface area contributed by atoms with Crippen molar-refractivity contribution in [3.63, 3.8) is 0 Å². The van der Waals surface area contributed by atoms with Gasteiger partial charge in [-0.25, -0.2) is 0 Å². The maximum atomic E-state index is 5.77. The standard InChI is InChI=1S/C13H15N3S2/c1-8-5-11(12(13(14)17)9(2)16-8)15-6-10-3-4-18-7-10/h3-5,7H,6H2,1-2H3,(H2,14,17)(H,15,16). The lowest BCUT2D eigenvalue weighted by Crippen LogP contribution is -2.16. The highest BCUT2D eigenvalue weighted by atomic mass is 32.1. The Bertz CT molecular complexity index is 562. The average molecular weight is 277 g/mol. The number of thiocarbonyl (C=S) groups is 1. The van der Waals surface area contributed by atoms with E-state index in [-0.39, 0.29) is 0 Å². The molecule has 3 N–H and O–H groups in total. The van der Waals surface area contributed by atoms with E-state index in [1.165, 1.54) is 5.56 Å². The Morgan fingerprint density at radius 1 is 1.50 bits per heavy atom. The van der Waals surface area contributed by atoms with Crippen LogP contribution in [0.25, 0.3) is 0 Å². The van der Waals surface area contributed by atoms with Crippen molar-refractivity contribution in [3.05, 3.63) is 45.4 Å². The van der Waals surface area contributed by atoms with Gasteiger partial charge in [0, 0.05) is 23.6 Å². The molecule has 94 valence electrons. The molecule has 5 heteroatoms. The molecule has 0 radical (unpaired) electrons. The molecule has 0 atom stereocenters. The predicted octanol–water partition coefficient (Wildman–Crippen LogP) is 3.01. The Morgan fingerprint density at radius 2 is 2.28 bits per heavy atom. The minimum absolute atomic E-state index is 0.382. The molecule has 0 aliphatic rings. The summed E-state index contributed by atoms with van der Waals surface area (Å²) >= 11 is 6.78. The van der Waals surface area contributed by atoms with Gasteiger partial charge in [0.25, 0.3) is 0 Å². The van der Waals surface area contributed by atoms with E-state index in [2.05, 4.69) is 27.1 Å². The summed E-state index contributed by atoms with van der Waals surface area (Å²) in [5, 5.41) is 7.56. The normalized spacial score (nSPS) is 10.3. The van der Waals surface area contributed by atoms with Gasteiger partial charge in [0.1, 0.15) is 4.99 Å². The number of rotatable bonds is 4. The largest absolute Gasteiger partial charge is 0.389 e. The molecule has 0 aliphatic heterocycles. The van der Waals surface area contributed by atoms with Crippen LogP contribution in [-0.4, -0.2) is 9.97 Å². The number of hydrogen-bond acceptors (Lipinski definition) is 4. The van der Waals surface area contributed by atoms with Crippen molar-refractivity contribution in [2.24, 2.45) is 5.73 Å². The molecule has 0 fully saturated rings. The molecule has 18 heavy (non-hydrogen) atoms. The van der Waals surface area contributed by atoms with Crippen LogP contribution in [0.1, 0.15) is 22.5 Å². The number of hydrogen-bond donors (Lipinski definition) is 2. The lowest BCUT2D eigenvalue weighted by molar-refractivity contribution is 1.09. The van der Waals surface area contributed by atoms with Gasteiger partial charge in [0.05, 0.1) is 5.56 Å². The number of nitrogens with two attached hydrogens (primary N) is 1. The van der Waals surface area contributed by atoms with Crippen molar-refractivity contribution in [1.82, 2.24) is 4.98 Å². The zero-order valence-electron chi connectivity index (χ0n) is 10.4. The molecule has 2 aromatic heterocycles. The maximum absolute atomic E-state index is 5.77. The quantitative estimate of drug-likeness (QED) is 0.844. The van der Waals surface area contributed by atoms with Gasteiger partial charge in [-0.3, -0.25) is 4.98 Å². The highest BCUT2D eigenvalue weighted by Crippen LogP contribution is 2.20. The number of nitrogens with one attached hydrogen (secondary N) is 1. The molecule has 0 spiro atoms. The Balaban J connectivity index is 2.28. The molecule has 0 aromatic carbocycles. The minimum Gasteiger partial charge on any atom is -0.389 e. The van der Waals surface area contributed by atoms with Gasteiger partial charge in [-0.05, 0) is 42.3 Å². The van der Waals surface area contributed by atoms with Crippen LogP contribution in [0.5, 0.6) is 0 Å². The van der Waals surface area contributed by atoms with Crippen molar-refractivity contribution in [3.8, 4) is 0 Å². The van der Waals surface area contributed by atoms with E-state index in [4.69, 9.17) is 18.0 Å². The highest BCUT2D eigenvalue weighted by molar-refractivity contribution is 7.80. The van der Waals surface area contributed by atoms with E-state index in [1.54, 1.807) is 11.3 Å². The second-order valence-electron chi connectivity index (χ2n) is 4.12. The third-order valence-electron chi connectivity index (χ3n) is 2.64. The van der Waals surface area contributed by atoms with E-state index in [1.807, 2.05) is 19.9 Å². The third-order valence-corrected chi connectivity index (χ3v) is 3.57. The van der Waals surface area contributed by atoms with Crippen LogP contribution in [0.15, 0.2) is 22.9 Å². The molecule has 2 heterocycles. The molecule has 0 saturated heterocycles. The first-order valence-corrected chi connectivity index (χ1v) is 6.96. The summed E-state index contributed by atoms with van der Waals surface area (Å²) in [6, 6.07) is 4.08. The second kappa shape index (κ2) is 5.46. The van der Waals surface area contributed by atoms with Crippen LogP contribution in [0.2, 0.25) is 0 Å². The molecule has 0 unspecified atom stereocenters. The molecule has 0 aliphatic carbocycles. The first-order valence-electron chi connectivity index (χ1n) is 5.61. The smallest absolute Gasteiger partial charge is 0.107 e.